The van der Waals surface area contributed by atoms with E-state index >= 15 is 0 Å². The zero-order valence-corrected chi connectivity index (χ0v) is 19.2. The van der Waals surface area contributed by atoms with E-state index in [-0.39, 0.29) is 0 Å². The van der Waals surface area contributed by atoms with Gasteiger partial charge in [-0.3, -0.25) is 4.90 Å². The Labute approximate surface area is 184 Å². The van der Waals surface area contributed by atoms with Gasteiger partial charge >= 0.3 is 0 Å². The van der Waals surface area contributed by atoms with Crippen LogP contribution < -0.4 is 10.1 Å². The van der Waals surface area contributed by atoms with Crippen LogP contribution in [-0.4, -0.2) is 78.4 Å². The number of thiazole rings is 1. The van der Waals surface area contributed by atoms with Crippen molar-refractivity contribution in [3.05, 3.63) is 45.9 Å². The first-order valence-electron chi connectivity index (χ1n) is 11.1. The smallest absolute Gasteiger partial charge is 0.119 e. The van der Waals surface area contributed by atoms with E-state index in [1.807, 2.05) is 17.6 Å². The van der Waals surface area contributed by atoms with Crippen LogP contribution >= 0.6 is 11.3 Å². The number of nitrogens with zero attached hydrogens (tertiary/aromatic N) is 3. The van der Waals surface area contributed by atoms with Crippen molar-refractivity contribution in [3.63, 3.8) is 0 Å². The normalized spacial score (nSPS) is 16.6. The summed E-state index contributed by atoms with van der Waals surface area (Å²) in [6.45, 7) is 12.4. The quantitative estimate of drug-likeness (QED) is 0.503. The molecule has 2 N–H and O–H groups in total. The van der Waals surface area contributed by atoms with Gasteiger partial charge in [-0.1, -0.05) is 19.1 Å². The Bertz CT molecular complexity index is 746. The molecule has 6 nitrogen and oxygen atoms in total. The second kappa shape index (κ2) is 12.4. The minimum Gasteiger partial charge on any atom is -0.491 e. The predicted molar refractivity (Wildman–Crippen MR) is 123 cm³/mol. The van der Waals surface area contributed by atoms with Crippen LogP contribution in [0.5, 0.6) is 5.75 Å². The Morgan fingerprint density at radius 2 is 2.03 bits per heavy atom. The molecule has 2 heterocycles. The maximum absolute atomic E-state index is 10.4. The van der Waals surface area contributed by atoms with Gasteiger partial charge in [-0.25, -0.2) is 4.98 Å². The van der Waals surface area contributed by atoms with Gasteiger partial charge in [-0.2, -0.15) is 0 Å². The van der Waals surface area contributed by atoms with Gasteiger partial charge in [-0.05, 0) is 50.6 Å². The lowest BCUT2D eigenvalue weighted by Crippen LogP contribution is -2.49. The van der Waals surface area contributed by atoms with E-state index in [0.29, 0.717) is 13.2 Å². The molecule has 2 aromatic rings. The molecule has 3 rings (SSSR count). The van der Waals surface area contributed by atoms with Crippen molar-refractivity contribution in [1.82, 2.24) is 20.1 Å². The Morgan fingerprint density at radius 1 is 1.23 bits per heavy atom. The third kappa shape index (κ3) is 7.63. The highest BCUT2D eigenvalue weighted by Crippen LogP contribution is 2.15. The maximum Gasteiger partial charge on any atom is 0.119 e. The molecule has 0 spiro atoms. The lowest BCUT2D eigenvalue weighted by atomic mass is 10.2. The Hall–Kier alpha value is -1.51. The lowest BCUT2D eigenvalue weighted by molar-refractivity contribution is 0.0471. The van der Waals surface area contributed by atoms with Crippen molar-refractivity contribution >= 4 is 11.3 Å². The molecule has 1 aromatic carbocycles. The number of aliphatic hydroxyl groups is 1. The monoisotopic (exact) mass is 432 g/mol. The van der Waals surface area contributed by atoms with Crippen LogP contribution in [0.2, 0.25) is 0 Å². The molecule has 0 aliphatic carbocycles. The van der Waals surface area contributed by atoms with Crippen molar-refractivity contribution in [1.29, 1.82) is 0 Å². The topological polar surface area (TPSA) is 60.9 Å². The van der Waals surface area contributed by atoms with Crippen molar-refractivity contribution in [3.8, 4) is 5.75 Å². The zero-order valence-electron chi connectivity index (χ0n) is 18.3. The number of benzene rings is 1. The van der Waals surface area contributed by atoms with Gasteiger partial charge in [0.05, 0.1) is 11.2 Å². The number of aromatic nitrogens is 1. The molecule has 1 aliphatic rings. The molecule has 7 heteroatoms. The second-order valence-electron chi connectivity index (χ2n) is 7.99. The van der Waals surface area contributed by atoms with Gasteiger partial charge in [0.2, 0.25) is 0 Å². The highest BCUT2D eigenvalue weighted by atomic mass is 32.1. The molecule has 1 aliphatic heterocycles. The summed E-state index contributed by atoms with van der Waals surface area (Å²) in [5.41, 5.74) is 4.29. The van der Waals surface area contributed by atoms with E-state index in [2.05, 4.69) is 46.1 Å². The van der Waals surface area contributed by atoms with Gasteiger partial charge in [0.25, 0.3) is 0 Å². The molecule has 1 saturated heterocycles. The fraction of sp³-hybridized carbons (Fsp3) is 0.609. The minimum absolute atomic E-state index is 0.332. The predicted octanol–water partition coefficient (Wildman–Crippen LogP) is 2.55. The van der Waals surface area contributed by atoms with Gasteiger partial charge in [0, 0.05) is 44.1 Å². The second-order valence-corrected chi connectivity index (χ2v) is 8.93. The average Bonchev–Trinajstić information content (AvgIpc) is 3.17. The number of β-amino-alcohol motifs (C(OH)–C–C–N with tert-alkyl or cyclic N) is 1. The van der Waals surface area contributed by atoms with E-state index < -0.39 is 6.10 Å². The largest absolute Gasteiger partial charge is 0.491 e. The number of likely N-dealkylation sites (N-methyl/N-ethyl adjacent to an activating group) is 1. The van der Waals surface area contributed by atoms with Crippen molar-refractivity contribution in [2.24, 2.45) is 0 Å². The standard InChI is InChI=1S/C23H36N4O2S/c1-3-26-10-12-27(13-11-26)16-21(28)17-29-22-7-4-6-20(14-22)15-24-9-5-8-23-19(2)25-18-30-23/h4,6-7,14,18,21,24,28H,3,5,8-13,15-17H2,1-2H3. The lowest BCUT2D eigenvalue weighted by Gasteiger charge is -2.34. The first-order chi connectivity index (χ1) is 14.6. The fourth-order valence-electron chi connectivity index (χ4n) is 3.75. The molecular formula is C23H36N4O2S. The summed E-state index contributed by atoms with van der Waals surface area (Å²) < 4.78 is 5.86. The molecule has 30 heavy (non-hydrogen) atoms. The van der Waals surface area contributed by atoms with E-state index in [9.17, 15) is 5.11 Å². The summed E-state index contributed by atoms with van der Waals surface area (Å²) in [7, 11) is 0. The summed E-state index contributed by atoms with van der Waals surface area (Å²) in [5.74, 6) is 0.824. The third-order valence-electron chi connectivity index (χ3n) is 5.65. The number of piperazine rings is 1. The molecule has 1 aromatic heterocycles. The molecule has 1 atom stereocenters. The Morgan fingerprint density at radius 3 is 2.77 bits per heavy atom. The van der Waals surface area contributed by atoms with Crippen molar-refractivity contribution < 1.29 is 9.84 Å². The fourth-order valence-corrected chi connectivity index (χ4v) is 4.57. The van der Waals surface area contributed by atoms with Crippen LogP contribution in [0, 0.1) is 6.92 Å². The summed E-state index contributed by atoms with van der Waals surface area (Å²) in [5, 5.41) is 13.9. The van der Waals surface area contributed by atoms with Gasteiger partial charge in [-0.15, -0.1) is 11.3 Å². The van der Waals surface area contributed by atoms with Gasteiger partial charge in [0.1, 0.15) is 18.5 Å². The third-order valence-corrected chi connectivity index (χ3v) is 6.65. The highest BCUT2D eigenvalue weighted by Gasteiger charge is 2.18. The Balaban J connectivity index is 1.32. The number of aryl methyl sites for hydroxylation is 2. The summed E-state index contributed by atoms with van der Waals surface area (Å²) in [6.07, 6.45) is 1.73. The molecule has 166 valence electrons. The van der Waals surface area contributed by atoms with Gasteiger partial charge in [0.15, 0.2) is 0 Å². The number of ether oxygens (including phenoxy) is 1. The molecule has 0 radical (unpaired) electrons. The first-order valence-corrected chi connectivity index (χ1v) is 12.0. The number of aliphatic hydroxyl groups excluding tert-OH is 1. The molecular weight excluding hydrogens is 396 g/mol. The minimum atomic E-state index is -0.463. The van der Waals surface area contributed by atoms with Crippen LogP contribution in [0.4, 0.5) is 0 Å². The van der Waals surface area contributed by atoms with Crippen molar-refractivity contribution in [2.45, 2.75) is 39.3 Å². The van der Waals surface area contributed by atoms with E-state index in [1.54, 1.807) is 11.3 Å². The summed E-state index contributed by atoms with van der Waals surface area (Å²) >= 11 is 1.74. The van der Waals surface area contributed by atoms with Crippen LogP contribution in [0.1, 0.15) is 29.5 Å². The SMILES string of the molecule is CCN1CCN(CC(O)COc2cccc(CNCCCc3scnc3C)c2)CC1. The van der Waals surface area contributed by atoms with Crippen molar-refractivity contribution in [2.75, 3.05) is 52.4 Å². The van der Waals surface area contributed by atoms with E-state index in [1.165, 1.54) is 10.4 Å². The number of rotatable bonds is 12. The molecule has 1 fully saturated rings. The van der Waals surface area contributed by atoms with Crippen LogP contribution in [0.25, 0.3) is 0 Å². The first kappa shape index (κ1) is 23.2. The van der Waals surface area contributed by atoms with Crippen LogP contribution in [0.15, 0.2) is 29.8 Å². The number of nitrogens with one attached hydrogen (secondary N) is 1. The molecule has 1 unspecified atom stereocenters. The molecule has 0 saturated carbocycles. The maximum atomic E-state index is 10.4. The zero-order chi connectivity index (χ0) is 21.2. The number of hydrogen-bond donors (Lipinski definition) is 2. The highest BCUT2D eigenvalue weighted by molar-refractivity contribution is 7.09. The average molecular weight is 433 g/mol. The summed E-state index contributed by atoms with van der Waals surface area (Å²) in [6, 6.07) is 8.15. The molecule has 0 amide bonds. The van der Waals surface area contributed by atoms with Crippen LogP contribution in [0.3, 0.4) is 0 Å². The summed E-state index contributed by atoms with van der Waals surface area (Å²) in [4.78, 5) is 10.5. The molecule has 0 bridgehead atoms. The van der Waals surface area contributed by atoms with Gasteiger partial charge < -0.3 is 20.1 Å². The van der Waals surface area contributed by atoms with E-state index in [4.69, 9.17) is 4.74 Å². The number of hydrogen-bond acceptors (Lipinski definition) is 7. The van der Waals surface area contributed by atoms with E-state index in [0.717, 1.165) is 70.1 Å². The Kier molecular flexibility index (Phi) is 9.55. The van der Waals surface area contributed by atoms with Crippen LogP contribution in [-0.2, 0) is 13.0 Å².